The van der Waals surface area contributed by atoms with Gasteiger partial charge >= 0.3 is 0 Å². The fourth-order valence-electron chi connectivity index (χ4n) is 2.03. The fraction of sp³-hybridized carbons (Fsp3) is 0.176. The predicted molar refractivity (Wildman–Crippen MR) is 100 cm³/mol. The van der Waals surface area contributed by atoms with Crippen molar-refractivity contribution < 1.29 is 9.59 Å². The van der Waals surface area contributed by atoms with Crippen molar-refractivity contribution in [3.8, 4) is 0 Å². The van der Waals surface area contributed by atoms with Gasteiger partial charge in [0.2, 0.25) is 5.91 Å². The third-order valence-corrected chi connectivity index (χ3v) is 4.18. The number of hydrogen-bond acceptors (Lipinski definition) is 3. The summed E-state index contributed by atoms with van der Waals surface area (Å²) in [7, 11) is 0. The Morgan fingerprint density at radius 3 is 2.35 bits per heavy atom. The van der Waals surface area contributed by atoms with Gasteiger partial charge in [-0.2, -0.15) is 11.8 Å². The van der Waals surface area contributed by atoms with E-state index in [4.69, 9.17) is 0 Å². The fourth-order valence-corrected chi connectivity index (χ4v) is 2.92. The van der Waals surface area contributed by atoms with Crippen LogP contribution >= 0.6 is 27.7 Å². The van der Waals surface area contributed by atoms with Crippen LogP contribution in [0.4, 0.5) is 11.4 Å². The van der Waals surface area contributed by atoms with E-state index in [-0.39, 0.29) is 11.8 Å². The largest absolute Gasteiger partial charge is 0.325 e. The highest BCUT2D eigenvalue weighted by Gasteiger charge is 2.11. The summed E-state index contributed by atoms with van der Waals surface area (Å²) < 4.78 is 0.817. The average Bonchev–Trinajstić information content (AvgIpc) is 2.50. The maximum absolute atomic E-state index is 12.4. The van der Waals surface area contributed by atoms with Crippen LogP contribution in [0.3, 0.4) is 0 Å². The number of benzene rings is 2. The summed E-state index contributed by atoms with van der Waals surface area (Å²) in [5.74, 6) is 0.509. The first kappa shape index (κ1) is 17.6. The summed E-state index contributed by atoms with van der Waals surface area (Å²) in [6.45, 7) is 1.43. The lowest BCUT2D eigenvalue weighted by molar-refractivity contribution is -0.114. The molecule has 0 atom stereocenters. The van der Waals surface area contributed by atoms with Crippen molar-refractivity contribution in [1.29, 1.82) is 0 Å². The zero-order valence-corrected chi connectivity index (χ0v) is 15.3. The van der Waals surface area contributed by atoms with Crippen LogP contribution in [0.25, 0.3) is 0 Å². The standard InChI is InChI=1S/C17H17BrN2O2S/c1-11(21)19-15-8-7-14(18)9-16(15)20-17(22)13-5-3-12(4-6-13)10-23-2/h3-9H,10H2,1-2H3,(H,19,21)(H,20,22). The average molecular weight is 393 g/mol. The molecule has 0 heterocycles. The second-order valence-electron chi connectivity index (χ2n) is 4.96. The van der Waals surface area contributed by atoms with Gasteiger partial charge in [0.1, 0.15) is 0 Å². The molecular formula is C17H17BrN2O2S. The minimum absolute atomic E-state index is 0.191. The Morgan fingerprint density at radius 1 is 1.04 bits per heavy atom. The highest BCUT2D eigenvalue weighted by molar-refractivity contribution is 9.10. The normalized spacial score (nSPS) is 10.2. The molecule has 2 amide bonds. The van der Waals surface area contributed by atoms with E-state index in [0.29, 0.717) is 16.9 Å². The number of hydrogen-bond donors (Lipinski definition) is 2. The zero-order chi connectivity index (χ0) is 16.8. The smallest absolute Gasteiger partial charge is 0.255 e. The van der Waals surface area contributed by atoms with Gasteiger partial charge in [0.15, 0.2) is 0 Å². The van der Waals surface area contributed by atoms with E-state index in [9.17, 15) is 9.59 Å². The van der Waals surface area contributed by atoms with Crippen LogP contribution in [0.15, 0.2) is 46.9 Å². The third kappa shape index (κ3) is 5.11. The van der Waals surface area contributed by atoms with Crippen molar-refractivity contribution >= 4 is 50.9 Å². The molecule has 2 rings (SSSR count). The topological polar surface area (TPSA) is 58.2 Å². The summed E-state index contributed by atoms with van der Waals surface area (Å²) in [6.07, 6.45) is 2.04. The Balaban J connectivity index is 2.18. The van der Waals surface area contributed by atoms with Gasteiger partial charge < -0.3 is 10.6 Å². The molecule has 0 aliphatic rings. The molecule has 0 spiro atoms. The minimum Gasteiger partial charge on any atom is -0.325 e. The molecule has 0 unspecified atom stereocenters. The Hall–Kier alpha value is -1.79. The highest BCUT2D eigenvalue weighted by Crippen LogP contribution is 2.26. The molecule has 2 aromatic rings. The molecule has 120 valence electrons. The van der Waals surface area contributed by atoms with E-state index in [2.05, 4.69) is 26.6 Å². The van der Waals surface area contributed by atoms with E-state index in [1.807, 2.05) is 18.4 Å². The van der Waals surface area contributed by atoms with E-state index in [1.54, 1.807) is 42.1 Å². The third-order valence-electron chi connectivity index (χ3n) is 3.07. The number of thioether (sulfide) groups is 1. The van der Waals surface area contributed by atoms with Crippen molar-refractivity contribution in [3.05, 3.63) is 58.1 Å². The number of amides is 2. The van der Waals surface area contributed by atoms with Crippen LogP contribution in [0.5, 0.6) is 0 Å². The van der Waals surface area contributed by atoms with Gasteiger partial charge in [0.25, 0.3) is 5.91 Å². The second kappa shape index (κ2) is 8.17. The van der Waals surface area contributed by atoms with Crippen molar-refractivity contribution in [2.45, 2.75) is 12.7 Å². The summed E-state index contributed by atoms with van der Waals surface area (Å²) in [4.78, 5) is 23.7. The Morgan fingerprint density at radius 2 is 1.74 bits per heavy atom. The van der Waals surface area contributed by atoms with Gasteiger partial charge in [-0.15, -0.1) is 0 Å². The number of halogens is 1. The second-order valence-corrected chi connectivity index (χ2v) is 6.74. The molecule has 0 fully saturated rings. The maximum atomic E-state index is 12.4. The lowest BCUT2D eigenvalue weighted by Crippen LogP contribution is -2.15. The number of rotatable bonds is 5. The highest BCUT2D eigenvalue weighted by atomic mass is 79.9. The van der Waals surface area contributed by atoms with E-state index in [0.717, 1.165) is 10.2 Å². The molecule has 0 radical (unpaired) electrons. The van der Waals surface area contributed by atoms with Gasteiger partial charge in [0.05, 0.1) is 11.4 Å². The summed E-state index contributed by atoms with van der Waals surface area (Å²) in [5.41, 5.74) is 2.86. The Kier molecular flexibility index (Phi) is 6.24. The van der Waals surface area contributed by atoms with Crippen LogP contribution in [0.2, 0.25) is 0 Å². The molecule has 0 bridgehead atoms. The van der Waals surface area contributed by atoms with E-state index in [1.165, 1.54) is 12.5 Å². The Bertz CT molecular complexity index is 717. The van der Waals surface area contributed by atoms with Crippen LogP contribution in [-0.2, 0) is 10.5 Å². The number of anilines is 2. The SMILES string of the molecule is CSCc1ccc(C(=O)Nc2cc(Br)ccc2NC(C)=O)cc1. The van der Waals surface area contributed by atoms with Crippen LogP contribution in [0.1, 0.15) is 22.8 Å². The molecule has 6 heteroatoms. The van der Waals surface area contributed by atoms with Gasteiger partial charge in [0, 0.05) is 22.7 Å². The number of nitrogens with one attached hydrogen (secondary N) is 2. The zero-order valence-electron chi connectivity index (χ0n) is 12.9. The lowest BCUT2D eigenvalue weighted by atomic mass is 10.1. The predicted octanol–water partition coefficient (Wildman–Crippen LogP) is 4.52. The first-order chi connectivity index (χ1) is 11.0. The molecule has 23 heavy (non-hydrogen) atoms. The molecule has 4 nitrogen and oxygen atoms in total. The lowest BCUT2D eigenvalue weighted by Gasteiger charge is -2.12. The number of carbonyl (C=O) groups excluding carboxylic acids is 2. The van der Waals surface area contributed by atoms with E-state index >= 15 is 0 Å². The monoisotopic (exact) mass is 392 g/mol. The molecule has 0 aromatic heterocycles. The van der Waals surface area contributed by atoms with Gasteiger partial charge in [-0.05, 0) is 42.2 Å². The molecule has 2 N–H and O–H groups in total. The van der Waals surface area contributed by atoms with Gasteiger partial charge in [-0.3, -0.25) is 9.59 Å². The van der Waals surface area contributed by atoms with Crippen molar-refractivity contribution in [2.24, 2.45) is 0 Å². The minimum atomic E-state index is -0.217. The van der Waals surface area contributed by atoms with Crippen LogP contribution in [-0.4, -0.2) is 18.1 Å². The molecular weight excluding hydrogens is 376 g/mol. The van der Waals surface area contributed by atoms with E-state index < -0.39 is 0 Å². The van der Waals surface area contributed by atoms with Crippen molar-refractivity contribution in [2.75, 3.05) is 16.9 Å². The van der Waals surface area contributed by atoms with Gasteiger partial charge in [-0.25, -0.2) is 0 Å². The molecule has 0 saturated carbocycles. The molecule has 2 aromatic carbocycles. The quantitative estimate of drug-likeness (QED) is 0.785. The number of carbonyl (C=O) groups is 2. The van der Waals surface area contributed by atoms with Crippen LogP contribution < -0.4 is 10.6 Å². The summed E-state index contributed by atoms with van der Waals surface area (Å²) in [6, 6.07) is 12.8. The molecule has 0 aliphatic heterocycles. The first-order valence-electron chi connectivity index (χ1n) is 6.96. The first-order valence-corrected chi connectivity index (χ1v) is 9.14. The molecule has 0 aliphatic carbocycles. The van der Waals surface area contributed by atoms with Crippen molar-refractivity contribution in [1.82, 2.24) is 0 Å². The summed E-state index contributed by atoms with van der Waals surface area (Å²) >= 11 is 5.10. The Labute approximate surface area is 148 Å². The van der Waals surface area contributed by atoms with Gasteiger partial charge in [-0.1, -0.05) is 28.1 Å². The van der Waals surface area contributed by atoms with Crippen molar-refractivity contribution in [3.63, 3.8) is 0 Å². The van der Waals surface area contributed by atoms with Crippen LogP contribution in [0, 0.1) is 0 Å². The summed E-state index contributed by atoms with van der Waals surface area (Å²) in [5, 5.41) is 5.54. The maximum Gasteiger partial charge on any atom is 0.255 e. The molecule has 0 saturated heterocycles.